The van der Waals surface area contributed by atoms with Crippen LogP contribution in [0.15, 0.2) is 42.5 Å². The van der Waals surface area contributed by atoms with Gasteiger partial charge in [-0.15, -0.1) is 0 Å². The number of nitrogens with one attached hydrogen (secondary N) is 2. The number of carbonyl (C=O) groups is 1. The summed E-state index contributed by atoms with van der Waals surface area (Å²) < 4.78 is 13.2. The number of rotatable bonds is 4. The van der Waals surface area contributed by atoms with Gasteiger partial charge in [0.05, 0.1) is 17.3 Å². The van der Waals surface area contributed by atoms with E-state index in [0.717, 1.165) is 42.7 Å². The highest BCUT2D eigenvalue weighted by molar-refractivity contribution is 5.82. The van der Waals surface area contributed by atoms with Crippen molar-refractivity contribution in [3.63, 3.8) is 0 Å². The molecule has 6 heteroatoms. The molecule has 1 amide bonds. The Morgan fingerprint density at radius 1 is 1.24 bits per heavy atom. The van der Waals surface area contributed by atoms with E-state index in [2.05, 4.69) is 28.5 Å². The first kappa shape index (κ1) is 19.4. The standard InChI is InChI=1S/C23H25FN4O/c1-15-10-21(26-13-15)23(29)27-20-8-9-28(14-20)22-7-4-17(11-18(22)12-25)16-2-5-19(24)6-3-16/h2-7,11,15,20-21,26H,8-10,13-14H2,1H3,(H,27,29)/t15-,20-,21-/m0/s1. The number of hydrogen-bond acceptors (Lipinski definition) is 4. The number of halogens is 1. The van der Waals surface area contributed by atoms with Gasteiger partial charge in [-0.25, -0.2) is 4.39 Å². The molecule has 0 radical (unpaired) electrons. The highest BCUT2D eigenvalue weighted by Gasteiger charge is 2.31. The van der Waals surface area contributed by atoms with E-state index in [1.165, 1.54) is 12.1 Å². The van der Waals surface area contributed by atoms with Crippen LogP contribution in [0.3, 0.4) is 0 Å². The van der Waals surface area contributed by atoms with Crippen molar-refractivity contribution in [2.24, 2.45) is 5.92 Å². The summed E-state index contributed by atoms with van der Waals surface area (Å²) in [5.74, 6) is 0.329. The van der Waals surface area contributed by atoms with Gasteiger partial charge in [-0.3, -0.25) is 4.79 Å². The van der Waals surface area contributed by atoms with Crippen LogP contribution in [0.5, 0.6) is 0 Å². The van der Waals surface area contributed by atoms with Crippen LogP contribution >= 0.6 is 0 Å². The van der Waals surface area contributed by atoms with Gasteiger partial charge in [-0.05, 0) is 60.7 Å². The number of amides is 1. The molecule has 5 nitrogen and oxygen atoms in total. The molecular formula is C23H25FN4O. The Hall–Kier alpha value is -2.91. The number of carbonyl (C=O) groups excluding carboxylic acids is 1. The Kier molecular flexibility index (Phi) is 5.50. The van der Waals surface area contributed by atoms with E-state index in [9.17, 15) is 14.4 Å². The Balaban J connectivity index is 1.44. The lowest BCUT2D eigenvalue weighted by Gasteiger charge is -2.21. The highest BCUT2D eigenvalue weighted by Crippen LogP contribution is 2.29. The molecule has 2 saturated heterocycles. The fourth-order valence-electron chi connectivity index (χ4n) is 4.23. The minimum Gasteiger partial charge on any atom is -0.368 e. The first-order valence-corrected chi connectivity index (χ1v) is 10.1. The third kappa shape index (κ3) is 4.25. The molecule has 0 bridgehead atoms. The minimum absolute atomic E-state index is 0.0772. The number of nitrogens with zero attached hydrogens (tertiary/aromatic N) is 2. The number of hydrogen-bond donors (Lipinski definition) is 2. The third-order valence-corrected chi connectivity index (χ3v) is 5.84. The first-order chi connectivity index (χ1) is 14.0. The van der Waals surface area contributed by atoms with Crippen molar-refractivity contribution < 1.29 is 9.18 Å². The zero-order chi connectivity index (χ0) is 20.4. The molecule has 29 heavy (non-hydrogen) atoms. The molecule has 3 atom stereocenters. The zero-order valence-corrected chi connectivity index (χ0v) is 16.5. The maximum absolute atomic E-state index is 13.2. The van der Waals surface area contributed by atoms with Gasteiger partial charge in [-0.2, -0.15) is 5.26 Å². The summed E-state index contributed by atoms with van der Waals surface area (Å²) in [6.07, 6.45) is 1.74. The van der Waals surface area contributed by atoms with Crippen LogP contribution in [-0.4, -0.2) is 37.6 Å². The number of anilines is 1. The summed E-state index contributed by atoms with van der Waals surface area (Å²) in [4.78, 5) is 14.6. The molecule has 0 saturated carbocycles. The van der Waals surface area contributed by atoms with Crippen LogP contribution in [0.2, 0.25) is 0 Å². The molecule has 0 aromatic heterocycles. The van der Waals surface area contributed by atoms with Crippen molar-refractivity contribution in [1.29, 1.82) is 5.26 Å². The molecular weight excluding hydrogens is 367 g/mol. The average molecular weight is 392 g/mol. The number of nitriles is 1. The topological polar surface area (TPSA) is 68.2 Å². The molecule has 2 aliphatic heterocycles. The largest absolute Gasteiger partial charge is 0.368 e. The summed E-state index contributed by atoms with van der Waals surface area (Å²) in [5.41, 5.74) is 3.22. The maximum Gasteiger partial charge on any atom is 0.237 e. The maximum atomic E-state index is 13.2. The van der Waals surface area contributed by atoms with Crippen molar-refractivity contribution in [3.05, 3.63) is 53.8 Å². The predicted molar refractivity (Wildman–Crippen MR) is 111 cm³/mol. The fourth-order valence-corrected chi connectivity index (χ4v) is 4.23. The van der Waals surface area contributed by atoms with E-state index in [4.69, 9.17) is 0 Å². The van der Waals surface area contributed by atoms with Gasteiger partial charge in [0.2, 0.25) is 5.91 Å². The zero-order valence-electron chi connectivity index (χ0n) is 16.5. The Labute approximate surface area is 170 Å². The van der Waals surface area contributed by atoms with Gasteiger partial charge in [0.25, 0.3) is 0 Å². The Morgan fingerprint density at radius 2 is 2.00 bits per heavy atom. The van der Waals surface area contributed by atoms with E-state index in [1.807, 2.05) is 18.2 Å². The van der Waals surface area contributed by atoms with Crippen molar-refractivity contribution in [2.75, 3.05) is 24.5 Å². The quantitative estimate of drug-likeness (QED) is 0.839. The predicted octanol–water partition coefficient (Wildman–Crippen LogP) is 3.06. The molecule has 0 spiro atoms. The van der Waals surface area contributed by atoms with E-state index in [1.54, 1.807) is 12.1 Å². The van der Waals surface area contributed by atoms with Gasteiger partial charge in [0, 0.05) is 19.1 Å². The van der Waals surface area contributed by atoms with E-state index >= 15 is 0 Å². The molecule has 0 aliphatic carbocycles. The lowest BCUT2D eigenvalue weighted by Crippen LogP contribution is -2.46. The van der Waals surface area contributed by atoms with Crippen LogP contribution < -0.4 is 15.5 Å². The first-order valence-electron chi connectivity index (χ1n) is 10.1. The van der Waals surface area contributed by atoms with Crippen LogP contribution in [0, 0.1) is 23.1 Å². The average Bonchev–Trinajstić information content (AvgIpc) is 3.37. The van der Waals surface area contributed by atoms with Crippen LogP contribution in [-0.2, 0) is 4.79 Å². The monoisotopic (exact) mass is 392 g/mol. The van der Waals surface area contributed by atoms with Crippen LogP contribution in [0.1, 0.15) is 25.3 Å². The van der Waals surface area contributed by atoms with Gasteiger partial charge in [0.15, 0.2) is 0 Å². The summed E-state index contributed by atoms with van der Waals surface area (Å²) in [7, 11) is 0. The highest BCUT2D eigenvalue weighted by atomic mass is 19.1. The molecule has 2 aromatic carbocycles. The van der Waals surface area contributed by atoms with Gasteiger partial charge >= 0.3 is 0 Å². The van der Waals surface area contributed by atoms with Gasteiger partial charge in [0.1, 0.15) is 11.9 Å². The molecule has 4 rings (SSSR count). The number of benzene rings is 2. The Morgan fingerprint density at radius 3 is 2.69 bits per heavy atom. The molecule has 2 aromatic rings. The van der Waals surface area contributed by atoms with Gasteiger partial charge in [-0.1, -0.05) is 25.1 Å². The fraction of sp³-hybridized carbons (Fsp3) is 0.391. The van der Waals surface area contributed by atoms with Crippen molar-refractivity contribution in [2.45, 2.75) is 31.8 Å². The second kappa shape index (κ2) is 8.22. The molecule has 2 heterocycles. The van der Waals surface area contributed by atoms with E-state index in [0.29, 0.717) is 18.0 Å². The van der Waals surface area contributed by atoms with E-state index < -0.39 is 0 Å². The normalized spacial score (nSPS) is 23.8. The van der Waals surface area contributed by atoms with Crippen molar-refractivity contribution >= 4 is 11.6 Å². The third-order valence-electron chi connectivity index (χ3n) is 5.84. The van der Waals surface area contributed by atoms with Crippen molar-refractivity contribution in [3.8, 4) is 17.2 Å². The van der Waals surface area contributed by atoms with Crippen LogP contribution in [0.25, 0.3) is 11.1 Å². The minimum atomic E-state index is -0.279. The SMILES string of the molecule is C[C@@H]1CN[C@H](C(=O)N[C@H]2CCN(c3ccc(-c4ccc(F)cc4)cc3C#N)C2)C1. The Bertz CT molecular complexity index is 937. The van der Waals surface area contributed by atoms with Gasteiger partial charge < -0.3 is 15.5 Å². The summed E-state index contributed by atoms with van der Waals surface area (Å²) in [5, 5.41) is 16.1. The molecule has 2 aliphatic rings. The second-order valence-corrected chi connectivity index (χ2v) is 8.09. The molecule has 2 fully saturated rings. The summed E-state index contributed by atoms with van der Waals surface area (Å²) >= 11 is 0. The van der Waals surface area contributed by atoms with Crippen molar-refractivity contribution in [1.82, 2.24) is 10.6 Å². The molecule has 2 N–H and O–H groups in total. The van der Waals surface area contributed by atoms with E-state index in [-0.39, 0.29) is 23.8 Å². The summed E-state index contributed by atoms with van der Waals surface area (Å²) in [6.45, 7) is 4.53. The lowest BCUT2D eigenvalue weighted by atomic mass is 10.0. The lowest BCUT2D eigenvalue weighted by molar-refractivity contribution is -0.123. The smallest absolute Gasteiger partial charge is 0.237 e. The molecule has 150 valence electrons. The second-order valence-electron chi connectivity index (χ2n) is 8.09. The molecule has 0 unspecified atom stereocenters. The summed E-state index contributed by atoms with van der Waals surface area (Å²) in [6, 6.07) is 14.3. The van der Waals surface area contributed by atoms with Crippen LogP contribution in [0.4, 0.5) is 10.1 Å².